The molecule has 1 aliphatic rings. The molecule has 0 saturated carbocycles. The molecule has 1 N–H and O–H groups in total. The highest BCUT2D eigenvalue weighted by atomic mass is 32.2. The van der Waals surface area contributed by atoms with Gasteiger partial charge in [0.05, 0.1) is 18.9 Å². The molecule has 142 valence electrons. The van der Waals surface area contributed by atoms with Crippen LogP contribution in [0, 0.1) is 18.8 Å². The molecule has 1 saturated heterocycles. The Hall–Kier alpha value is -1.18. The first-order valence-corrected chi connectivity index (χ1v) is 10.7. The zero-order valence-electron chi connectivity index (χ0n) is 15.8. The lowest BCUT2D eigenvalue weighted by atomic mass is 10.1. The Bertz CT molecular complexity index is 690. The van der Waals surface area contributed by atoms with Gasteiger partial charge < -0.3 is 9.84 Å². The second-order valence-corrected chi connectivity index (χ2v) is 9.52. The Kier molecular flexibility index (Phi) is 6.45. The smallest absolute Gasteiger partial charge is 0.193 e. The summed E-state index contributed by atoms with van der Waals surface area (Å²) in [5, 5.41) is 10.2. The maximum atomic E-state index is 11.6. The largest absolute Gasteiger partial charge is 0.492 e. The van der Waals surface area contributed by atoms with Crippen LogP contribution in [0.25, 0.3) is 0 Å². The first kappa shape index (κ1) is 20.1. The van der Waals surface area contributed by atoms with E-state index < -0.39 is 9.84 Å². The van der Waals surface area contributed by atoms with Gasteiger partial charge in [-0.2, -0.15) is 0 Å². The minimum atomic E-state index is -3.31. The van der Waals surface area contributed by atoms with Gasteiger partial charge in [0.15, 0.2) is 14.9 Å². The van der Waals surface area contributed by atoms with Crippen LogP contribution in [0.4, 0.5) is 0 Å². The van der Waals surface area contributed by atoms with Crippen LogP contribution < -0.4 is 4.74 Å². The summed E-state index contributed by atoms with van der Waals surface area (Å²) in [5.74, 6) is 1.24. The van der Waals surface area contributed by atoms with E-state index in [-0.39, 0.29) is 17.0 Å². The lowest BCUT2D eigenvalue weighted by Gasteiger charge is -2.26. The number of likely N-dealkylation sites (tertiary alicyclic amines) is 1. The van der Waals surface area contributed by atoms with E-state index in [1.807, 2.05) is 13.8 Å². The summed E-state index contributed by atoms with van der Waals surface area (Å²) in [4.78, 5) is 6.34. The summed E-state index contributed by atoms with van der Waals surface area (Å²) in [6.45, 7) is 10.1. The average molecular weight is 371 g/mol. The molecule has 1 fully saturated rings. The van der Waals surface area contributed by atoms with E-state index in [1.165, 1.54) is 6.20 Å². The summed E-state index contributed by atoms with van der Waals surface area (Å²) in [5.41, 5.74) is 0.599. The minimum Gasteiger partial charge on any atom is -0.492 e. The third kappa shape index (κ3) is 5.39. The van der Waals surface area contributed by atoms with Gasteiger partial charge in [-0.1, -0.05) is 13.8 Å². The molecule has 7 heteroatoms. The van der Waals surface area contributed by atoms with Gasteiger partial charge in [0.2, 0.25) is 0 Å². The van der Waals surface area contributed by atoms with Crippen molar-refractivity contribution in [3.63, 3.8) is 0 Å². The van der Waals surface area contributed by atoms with Crippen LogP contribution in [0.5, 0.6) is 5.75 Å². The molecule has 3 atom stereocenters. The molecule has 0 aliphatic carbocycles. The molecule has 25 heavy (non-hydrogen) atoms. The number of aliphatic hydroxyl groups excluding tert-OH is 1. The van der Waals surface area contributed by atoms with Gasteiger partial charge in [-0.25, -0.2) is 13.4 Å². The van der Waals surface area contributed by atoms with Crippen LogP contribution in [0.3, 0.4) is 0 Å². The van der Waals surface area contributed by atoms with E-state index in [2.05, 4.69) is 16.8 Å². The van der Waals surface area contributed by atoms with E-state index >= 15 is 0 Å². The Morgan fingerprint density at radius 1 is 1.44 bits per heavy atom. The fourth-order valence-corrected chi connectivity index (χ4v) is 4.15. The minimum absolute atomic E-state index is 0.100. The SMILES string of the molecule is Cc1cc(OCC2CC(C)N(CC(O)C(C)C)C2)cnc1S(C)(=O)=O. The van der Waals surface area contributed by atoms with Gasteiger partial charge in [-0.05, 0) is 37.8 Å². The van der Waals surface area contributed by atoms with Gasteiger partial charge in [-0.15, -0.1) is 0 Å². The van der Waals surface area contributed by atoms with Crippen molar-refractivity contribution in [1.82, 2.24) is 9.88 Å². The summed E-state index contributed by atoms with van der Waals surface area (Å²) in [7, 11) is -3.31. The fraction of sp³-hybridized carbons (Fsp3) is 0.722. The number of rotatable bonds is 7. The number of aromatic nitrogens is 1. The van der Waals surface area contributed by atoms with Gasteiger partial charge in [-0.3, -0.25) is 4.90 Å². The molecule has 3 unspecified atom stereocenters. The Morgan fingerprint density at radius 3 is 2.68 bits per heavy atom. The van der Waals surface area contributed by atoms with Gasteiger partial charge >= 0.3 is 0 Å². The summed E-state index contributed by atoms with van der Waals surface area (Å²) < 4.78 is 29.1. The zero-order chi connectivity index (χ0) is 18.8. The van der Waals surface area contributed by atoms with Crippen LogP contribution in [0.15, 0.2) is 17.3 Å². The fourth-order valence-electron chi connectivity index (χ4n) is 3.26. The topological polar surface area (TPSA) is 79.7 Å². The predicted octanol–water partition coefficient (Wildman–Crippen LogP) is 1.90. The van der Waals surface area contributed by atoms with Crippen molar-refractivity contribution in [3.05, 3.63) is 17.8 Å². The van der Waals surface area contributed by atoms with Crippen LogP contribution in [0.2, 0.25) is 0 Å². The van der Waals surface area contributed by atoms with Crippen molar-refractivity contribution in [1.29, 1.82) is 0 Å². The molecule has 2 heterocycles. The number of sulfone groups is 1. The van der Waals surface area contributed by atoms with Crippen molar-refractivity contribution in [2.75, 3.05) is 26.0 Å². The van der Waals surface area contributed by atoms with Gasteiger partial charge in [0.1, 0.15) is 5.75 Å². The molecule has 1 aromatic heterocycles. The van der Waals surface area contributed by atoms with Crippen molar-refractivity contribution >= 4 is 9.84 Å². The number of ether oxygens (including phenoxy) is 1. The van der Waals surface area contributed by atoms with E-state index in [4.69, 9.17) is 4.74 Å². The number of hydrogen-bond donors (Lipinski definition) is 1. The standard InChI is InChI=1S/C18H30N2O4S/c1-12(2)17(21)10-20-9-15(7-14(20)4)11-24-16-6-13(3)18(19-8-16)25(5,22)23/h6,8,12,14-15,17,21H,7,9-11H2,1-5H3. The van der Waals surface area contributed by atoms with Crippen LogP contribution >= 0.6 is 0 Å². The number of aryl methyl sites for hydroxylation is 1. The van der Waals surface area contributed by atoms with Gasteiger partial charge in [0, 0.05) is 31.3 Å². The van der Waals surface area contributed by atoms with Crippen molar-refractivity contribution in [3.8, 4) is 5.75 Å². The second kappa shape index (κ2) is 8.01. The van der Waals surface area contributed by atoms with Crippen LogP contribution in [-0.2, 0) is 9.84 Å². The van der Waals surface area contributed by atoms with Crippen molar-refractivity contribution in [2.24, 2.45) is 11.8 Å². The van der Waals surface area contributed by atoms with Crippen LogP contribution in [-0.4, -0.2) is 61.5 Å². The number of hydrogen-bond acceptors (Lipinski definition) is 6. The number of aliphatic hydroxyl groups is 1. The molecule has 0 bridgehead atoms. The number of β-amino-alcohol motifs (C(OH)–C–C–N with tert-alkyl or cyclic N) is 1. The molecule has 6 nitrogen and oxygen atoms in total. The molecule has 0 amide bonds. The number of nitrogens with zero attached hydrogens (tertiary/aromatic N) is 2. The second-order valence-electron chi connectivity index (χ2n) is 7.59. The Balaban J connectivity index is 1.91. The highest BCUT2D eigenvalue weighted by Crippen LogP contribution is 2.25. The Labute approximate surface area is 151 Å². The first-order chi connectivity index (χ1) is 11.6. The lowest BCUT2D eigenvalue weighted by Crippen LogP contribution is -2.37. The van der Waals surface area contributed by atoms with E-state index in [0.29, 0.717) is 36.4 Å². The molecular weight excluding hydrogens is 340 g/mol. The summed E-state index contributed by atoms with van der Waals surface area (Å²) in [6, 6.07) is 2.15. The van der Waals surface area contributed by atoms with E-state index in [1.54, 1.807) is 13.0 Å². The van der Waals surface area contributed by atoms with Gasteiger partial charge in [0.25, 0.3) is 0 Å². The van der Waals surface area contributed by atoms with Crippen molar-refractivity contribution in [2.45, 2.75) is 51.3 Å². The zero-order valence-corrected chi connectivity index (χ0v) is 16.6. The third-order valence-electron chi connectivity index (χ3n) is 4.82. The molecule has 1 aliphatic heterocycles. The normalized spacial score (nSPS) is 23.2. The summed E-state index contributed by atoms with van der Waals surface area (Å²) >= 11 is 0. The highest BCUT2D eigenvalue weighted by Gasteiger charge is 2.31. The molecule has 0 radical (unpaired) electrons. The molecule has 1 aromatic rings. The monoisotopic (exact) mass is 370 g/mol. The molecule has 0 aromatic carbocycles. The third-order valence-corrected chi connectivity index (χ3v) is 5.95. The van der Waals surface area contributed by atoms with Crippen LogP contribution in [0.1, 0.15) is 32.8 Å². The lowest BCUT2D eigenvalue weighted by molar-refractivity contribution is 0.0720. The molecular formula is C18H30N2O4S. The predicted molar refractivity (Wildman–Crippen MR) is 97.6 cm³/mol. The average Bonchev–Trinajstić information content (AvgIpc) is 2.84. The number of pyridine rings is 1. The Morgan fingerprint density at radius 2 is 2.12 bits per heavy atom. The maximum absolute atomic E-state index is 11.6. The quantitative estimate of drug-likeness (QED) is 0.790. The first-order valence-electron chi connectivity index (χ1n) is 8.79. The molecule has 0 spiro atoms. The maximum Gasteiger partial charge on any atom is 0.193 e. The molecule has 2 rings (SSSR count). The van der Waals surface area contributed by atoms with Crippen molar-refractivity contribution < 1.29 is 18.3 Å². The van der Waals surface area contributed by atoms with E-state index in [9.17, 15) is 13.5 Å². The summed E-state index contributed by atoms with van der Waals surface area (Å²) in [6.07, 6.45) is 3.35. The highest BCUT2D eigenvalue weighted by molar-refractivity contribution is 7.90. The van der Waals surface area contributed by atoms with E-state index in [0.717, 1.165) is 19.2 Å².